The van der Waals surface area contributed by atoms with Crippen molar-refractivity contribution in [3.05, 3.63) is 11.8 Å². The SMILES string of the molecule is Cc1cc(N)nc(N2CCC3(CC2)CC(CN2CCOCC2)OC3=O)n1. The summed E-state index contributed by atoms with van der Waals surface area (Å²) < 4.78 is 11.1. The minimum Gasteiger partial charge on any atom is -0.461 e. The predicted molar refractivity (Wildman–Crippen MR) is 96.8 cm³/mol. The molecule has 4 heterocycles. The van der Waals surface area contributed by atoms with E-state index in [2.05, 4.69) is 19.8 Å². The van der Waals surface area contributed by atoms with Crippen molar-refractivity contribution in [2.45, 2.75) is 32.3 Å². The molecule has 1 spiro atoms. The van der Waals surface area contributed by atoms with Gasteiger partial charge in [-0.25, -0.2) is 4.98 Å². The minimum atomic E-state index is -0.344. The van der Waals surface area contributed by atoms with Crippen LogP contribution in [0.4, 0.5) is 11.8 Å². The molecule has 3 fully saturated rings. The number of esters is 1. The Hall–Kier alpha value is -1.93. The molecule has 8 heteroatoms. The Morgan fingerprint density at radius 3 is 2.65 bits per heavy atom. The highest BCUT2D eigenvalue weighted by atomic mass is 16.6. The fourth-order valence-corrected chi connectivity index (χ4v) is 4.27. The van der Waals surface area contributed by atoms with E-state index < -0.39 is 0 Å². The Labute approximate surface area is 153 Å². The van der Waals surface area contributed by atoms with Crippen molar-refractivity contribution in [3.63, 3.8) is 0 Å². The molecule has 4 rings (SSSR count). The van der Waals surface area contributed by atoms with Crippen LogP contribution < -0.4 is 10.6 Å². The van der Waals surface area contributed by atoms with E-state index in [1.165, 1.54) is 0 Å². The number of nitrogen functional groups attached to an aromatic ring is 1. The summed E-state index contributed by atoms with van der Waals surface area (Å²) in [5.41, 5.74) is 6.36. The van der Waals surface area contributed by atoms with E-state index in [-0.39, 0.29) is 17.5 Å². The minimum absolute atomic E-state index is 0.00184. The molecule has 0 amide bonds. The van der Waals surface area contributed by atoms with Crippen molar-refractivity contribution in [2.24, 2.45) is 5.41 Å². The van der Waals surface area contributed by atoms with Crippen LogP contribution >= 0.6 is 0 Å². The number of anilines is 2. The molecule has 3 saturated heterocycles. The molecule has 3 aliphatic rings. The molecular formula is C18H27N5O3. The van der Waals surface area contributed by atoms with Gasteiger partial charge in [-0.05, 0) is 19.8 Å². The van der Waals surface area contributed by atoms with Crippen LogP contribution in [0, 0.1) is 12.3 Å². The van der Waals surface area contributed by atoms with E-state index >= 15 is 0 Å². The zero-order valence-corrected chi connectivity index (χ0v) is 15.3. The summed E-state index contributed by atoms with van der Waals surface area (Å²) in [6.07, 6.45) is 2.37. The van der Waals surface area contributed by atoms with Crippen molar-refractivity contribution >= 4 is 17.7 Å². The number of hydrogen-bond acceptors (Lipinski definition) is 8. The standard InChI is InChI=1S/C18H27N5O3/c1-13-10-15(19)21-17(20-13)23-4-2-18(3-5-23)11-14(26-16(18)24)12-22-6-8-25-9-7-22/h10,14H,2-9,11-12H2,1H3,(H2,19,20,21). The molecule has 0 aromatic carbocycles. The van der Waals surface area contributed by atoms with Crippen LogP contribution in [0.25, 0.3) is 0 Å². The second kappa shape index (κ2) is 7.00. The smallest absolute Gasteiger partial charge is 0.312 e. The number of cyclic esters (lactones) is 1. The molecule has 26 heavy (non-hydrogen) atoms. The third-order valence-corrected chi connectivity index (χ3v) is 5.76. The lowest BCUT2D eigenvalue weighted by Crippen LogP contribution is -2.43. The summed E-state index contributed by atoms with van der Waals surface area (Å²) in [5.74, 6) is 1.12. The number of hydrogen-bond donors (Lipinski definition) is 1. The molecule has 0 bridgehead atoms. The van der Waals surface area contributed by atoms with Gasteiger partial charge in [0.25, 0.3) is 0 Å². The van der Waals surface area contributed by atoms with E-state index in [4.69, 9.17) is 15.2 Å². The molecule has 142 valence electrons. The van der Waals surface area contributed by atoms with Gasteiger partial charge in [0.1, 0.15) is 11.9 Å². The summed E-state index contributed by atoms with van der Waals surface area (Å²) in [6, 6.07) is 1.76. The molecule has 2 N–H and O–H groups in total. The highest BCUT2D eigenvalue weighted by molar-refractivity contribution is 5.79. The van der Waals surface area contributed by atoms with Crippen LogP contribution in [0.5, 0.6) is 0 Å². The van der Waals surface area contributed by atoms with E-state index in [9.17, 15) is 4.79 Å². The summed E-state index contributed by atoms with van der Waals surface area (Å²) in [6.45, 7) is 7.60. The van der Waals surface area contributed by atoms with Crippen molar-refractivity contribution in [3.8, 4) is 0 Å². The van der Waals surface area contributed by atoms with Crippen molar-refractivity contribution in [1.29, 1.82) is 0 Å². The van der Waals surface area contributed by atoms with Crippen LogP contribution in [0.2, 0.25) is 0 Å². The molecule has 1 aromatic heterocycles. The van der Waals surface area contributed by atoms with Crippen LogP contribution in [0.3, 0.4) is 0 Å². The third kappa shape index (κ3) is 3.48. The number of nitrogens with two attached hydrogens (primary N) is 1. The molecule has 8 nitrogen and oxygen atoms in total. The van der Waals surface area contributed by atoms with Crippen molar-refractivity contribution in [2.75, 3.05) is 56.6 Å². The lowest BCUT2D eigenvalue weighted by atomic mass is 9.76. The lowest BCUT2D eigenvalue weighted by Gasteiger charge is -2.36. The number of carbonyl (C=O) groups excluding carboxylic acids is 1. The Bertz CT molecular complexity index is 649. The van der Waals surface area contributed by atoms with Gasteiger partial charge in [-0.1, -0.05) is 0 Å². The van der Waals surface area contributed by atoms with Gasteiger partial charge in [-0.3, -0.25) is 9.69 Å². The molecule has 1 aromatic rings. The fraction of sp³-hybridized carbons (Fsp3) is 0.722. The lowest BCUT2D eigenvalue weighted by molar-refractivity contribution is -0.150. The molecule has 3 aliphatic heterocycles. The second-order valence-corrected chi connectivity index (χ2v) is 7.65. The van der Waals surface area contributed by atoms with Crippen LogP contribution in [0.1, 0.15) is 25.0 Å². The van der Waals surface area contributed by atoms with Gasteiger partial charge in [-0.2, -0.15) is 4.98 Å². The molecule has 0 radical (unpaired) electrons. The number of piperidine rings is 1. The quantitative estimate of drug-likeness (QED) is 0.783. The topological polar surface area (TPSA) is 93.8 Å². The van der Waals surface area contributed by atoms with E-state index in [1.807, 2.05) is 6.92 Å². The predicted octanol–water partition coefficient (Wildman–Crippen LogP) is 0.602. The summed E-state index contributed by atoms with van der Waals surface area (Å²) in [7, 11) is 0. The number of aryl methyl sites for hydroxylation is 1. The average Bonchev–Trinajstić information content (AvgIpc) is 2.90. The highest BCUT2D eigenvalue weighted by Gasteiger charge is 2.50. The largest absolute Gasteiger partial charge is 0.461 e. The maximum absolute atomic E-state index is 12.6. The first kappa shape index (κ1) is 17.5. The Morgan fingerprint density at radius 1 is 1.23 bits per heavy atom. The number of rotatable bonds is 3. The third-order valence-electron chi connectivity index (χ3n) is 5.76. The number of nitrogens with zero attached hydrogens (tertiary/aromatic N) is 4. The first-order valence-corrected chi connectivity index (χ1v) is 9.41. The molecule has 1 unspecified atom stereocenters. The zero-order chi connectivity index (χ0) is 18.1. The van der Waals surface area contributed by atoms with Crippen LogP contribution in [-0.2, 0) is 14.3 Å². The van der Waals surface area contributed by atoms with Gasteiger partial charge >= 0.3 is 5.97 Å². The number of ether oxygens (including phenoxy) is 2. The monoisotopic (exact) mass is 361 g/mol. The Morgan fingerprint density at radius 2 is 1.96 bits per heavy atom. The van der Waals surface area contributed by atoms with E-state index in [0.29, 0.717) is 11.8 Å². The van der Waals surface area contributed by atoms with Crippen molar-refractivity contribution < 1.29 is 14.3 Å². The van der Waals surface area contributed by atoms with Gasteiger partial charge in [0.05, 0.1) is 18.6 Å². The van der Waals surface area contributed by atoms with Crippen molar-refractivity contribution in [1.82, 2.24) is 14.9 Å². The fourth-order valence-electron chi connectivity index (χ4n) is 4.27. The normalized spacial score (nSPS) is 26.3. The van der Waals surface area contributed by atoms with Gasteiger partial charge in [0.2, 0.25) is 5.95 Å². The molecule has 0 aliphatic carbocycles. The van der Waals surface area contributed by atoms with E-state index in [1.54, 1.807) is 6.07 Å². The number of morpholine rings is 1. The van der Waals surface area contributed by atoms with E-state index in [0.717, 1.165) is 70.9 Å². The Balaban J connectivity index is 1.37. The maximum Gasteiger partial charge on any atom is 0.312 e. The number of carbonyl (C=O) groups is 1. The first-order valence-electron chi connectivity index (χ1n) is 9.41. The summed E-state index contributed by atoms with van der Waals surface area (Å²) >= 11 is 0. The van der Waals surface area contributed by atoms with Gasteiger partial charge in [0, 0.05) is 50.9 Å². The number of aromatic nitrogens is 2. The second-order valence-electron chi connectivity index (χ2n) is 7.65. The highest BCUT2D eigenvalue weighted by Crippen LogP contribution is 2.43. The maximum atomic E-state index is 12.6. The van der Waals surface area contributed by atoms with Gasteiger partial charge < -0.3 is 20.1 Å². The zero-order valence-electron chi connectivity index (χ0n) is 15.3. The molecule has 0 saturated carbocycles. The summed E-state index contributed by atoms with van der Waals surface area (Å²) in [4.78, 5) is 25.9. The first-order chi connectivity index (χ1) is 12.5. The summed E-state index contributed by atoms with van der Waals surface area (Å²) in [5, 5.41) is 0. The van der Waals surface area contributed by atoms with Crippen LogP contribution in [0.15, 0.2) is 6.07 Å². The molecular weight excluding hydrogens is 334 g/mol. The van der Waals surface area contributed by atoms with Crippen LogP contribution in [-0.4, -0.2) is 72.9 Å². The molecule has 1 atom stereocenters. The average molecular weight is 361 g/mol. The van der Waals surface area contributed by atoms with Gasteiger partial charge in [0.15, 0.2) is 0 Å². The van der Waals surface area contributed by atoms with Gasteiger partial charge in [-0.15, -0.1) is 0 Å². The Kier molecular flexibility index (Phi) is 4.71.